The summed E-state index contributed by atoms with van der Waals surface area (Å²) in [4.78, 5) is 26.8. The Kier molecular flexibility index (Phi) is 16.2. The smallest absolute Gasteiger partial charge is 0.389 e. The molecule has 1 heterocycles. The molecular formula is C36H56Na2O12S2+2. The van der Waals surface area contributed by atoms with E-state index in [1.165, 1.54) is 6.92 Å². The number of carbonyl (C=O) groups is 2. The Morgan fingerprint density at radius 3 is 2.10 bits per heavy atom. The number of carbonyl (C=O) groups excluding carboxylic acids is 2. The Labute approximate surface area is 354 Å². The van der Waals surface area contributed by atoms with Gasteiger partial charge in [0, 0.05) is 29.2 Å². The van der Waals surface area contributed by atoms with Gasteiger partial charge in [-0.15, -0.1) is 0 Å². The summed E-state index contributed by atoms with van der Waals surface area (Å²) >= 11 is 0. The van der Waals surface area contributed by atoms with E-state index in [-0.39, 0.29) is 106 Å². The van der Waals surface area contributed by atoms with Gasteiger partial charge in [0.2, 0.25) is 0 Å². The van der Waals surface area contributed by atoms with E-state index in [4.69, 9.17) is 8.92 Å². The standard InChI is InChI=1S/C36H56O12S2.2Na/c1-24-10-15-31-35(7,19-8-16-32(3,4)46-31)36(24,39)21-20-33(5)17-9-18-34(6,29(33)14-11-25(2)37)30(38)23-26-22-27(47-49(40,41)42)12-13-28(26)48-50(43,44)45;;/h12-13,22,24,29,31,39H,8-11,14-21,23H2,1-7H3,(H,40,41,42)(H,43,44,45);;/q;2*+1/t24-,29?,31?,33+,34-,35+,36-;;/m1../s1. The Balaban J connectivity index is 0.00000468. The first kappa shape index (κ1) is 48.0. The minimum Gasteiger partial charge on any atom is -0.389 e. The predicted octanol–water partition coefficient (Wildman–Crippen LogP) is 0.647. The first-order valence-corrected chi connectivity index (χ1v) is 20.5. The summed E-state index contributed by atoms with van der Waals surface area (Å²) in [6.45, 7) is 14.0. The Morgan fingerprint density at radius 2 is 1.50 bits per heavy atom. The van der Waals surface area contributed by atoms with E-state index in [1.54, 1.807) is 0 Å². The van der Waals surface area contributed by atoms with Crippen molar-refractivity contribution in [1.82, 2.24) is 0 Å². The summed E-state index contributed by atoms with van der Waals surface area (Å²) in [5.41, 5.74) is -3.28. The van der Waals surface area contributed by atoms with Crippen LogP contribution in [-0.4, -0.2) is 59.9 Å². The molecule has 0 amide bonds. The second-order valence-corrected chi connectivity index (χ2v) is 18.7. The van der Waals surface area contributed by atoms with Gasteiger partial charge in [0.15, 0.2) is 0 Å². The zero-order chi connectivity index (χ0) is 37.6. The molecule has 1 aliphatic heterocycles. The molecule has 7 atom stereocenters. The number of fused-ring (bicyclic) bond motifs is 1. The van der Waals surface area contributed by atoms with Crippen LogP contribution in [0.1, 0.15) is 131 Å². The van der Waals surface area contributed by atoms with Crippen LogP contribution in [0, 0.1) is 28.1 Å². The third-order valence-corrected chi connectivity index (χ3v) is 13.4. The van der Waals surface area contributed by atoms with Crippen LogP contribution < -0.4 is 67.5 Å². The van der Waals surface area contributed by atoms with Gasteiger partial charge < -0.3 is 23.0 Å². The fourth-order valence-corrected chi connectivity index (χ4v) is 10.5. The molecule has 0 spiro atoms. The van der Waals surface area contributed by atoms with Crippen molar-refractivity contribution in [3.63, 3.8) is 0 Å². The largest absolute Gasteiger partial charge is 1.00 e. The van der Waals surface area contributed by atoms with Crippen molar-refractivity contribution < 1.29 is 113 Å². The third kappa shape index (κ3) is 11.1. The quantitative estimate of drug-likeness (QED) is 0.187. The SMILES string of the molecule is CC(=O)CCC1[C@](C)(CC[C@@]2(O)[C@H](C)CCC3OC(C)(C)CCC[C@@]32C)CCC[C@@]1(C)C(=O)Cc1cc(OS(=O)(=O)O)ccc1OS(=O)(=O)O.[Na+].[Na+]. The van der Waals surface area contributed by atoms with Crippen LogP contribution in [0.4, 0.5) is 0 Å². The van der Waals surface area contributed by atoms with E-state index in [0.29, 0.717) is 32.1 Å². The molecule has 3 aliphatic rings. The summed E-state index contributed by atoms with van der Waals surface area (Å²) in [6, 6.07) is 3.10. The molecule has 3 N–H and O–H groups in total. The van der Waals surface area contributed by atoms with Gasteiger partial charge in [0.25, 0.3) is 0 Å². The molecule has 12 nitrogen and oxygen atoms in total. The maximum Gasteiger partial charge on any atom is 1.00 e. The molecule has 1 aromatic rings. The van der Waals surface area contributed by atoms with Crippen molar-refractivity contribution in [1.29, 1.82) is 0 Å². The number of hydrogen-bond donors (Lipinski definition) is 3. The van der Waals surface area contributed by atoms with E-state index in [1.807, 2.05) is 6.92 Å². The van der Waals surface area contributed by atoms with Crippen LogP contribution in [-0.2, 0) is 41.5 Å². The number of benzene rings is 1. The monoisotopic (exact) mass is 790 g/mol. The number of hydrogen-bond acceptors (Lipinski definition) is 10. The van der Waals surface area contributed by atoms with Crippen molar-refractivity contribution in [3.05, 3.63) is 23.8 Å². The fraction of sp³-hybridized carbons (Fsp3) is 0.778. The van der Waals surface area contributed by atoms with Gasteiger partial charge in [0.05, 0.1) is 17.3 Å². The average molecular weight is 791 g/mol. The minimum absolute atomic E-state index is 0. The Hall–Kier alpha value is -0.1000. The molecule has 2 saturated carbocycles. The molecule has 2 aliphatic carbocycles. The zero-order valence-electron chi connectivity index (χ0n) is 32.5. The summed E-state index contributed by atoms with van der Waals surface area (Å²) < 4.78 is 80.6. The first-order valence-electron chi connectivity index (χ1n) is 17.7. The second-order valence-electron chi connectivity index (χ2n) is 16.6. The van der Waals surface area contributed by atoms with Crippen LogP contribution in [0.5, 0.6) is 11.5 Å². The first-order chi connectivity index (χ1) is 22.8. The summed E-state index contributed by atoms with van der Waals surface area (Å²) in [5.74, 6) is -1.37. The zero-order valence-corrected chi connectivity index (χ0v) is 38.1. The predicted molar refractivity (Wildman–Crippen MR) is 186 cm³/mol. The fourth-order valence-electron chi connectivity index (χ4n) is 9.76. The van der Waals surface area contributed by atoms with Gasteiger partial charge in [0.1, 0.15) is 23.1 Å². The van der Waals surface area contributed by atoms with Gasteiger partial charge in [-0.05, 0) is 120 Å². The van der Waals surface area contributed by atoms with Crippen LogP contribution >= 0.6 is 0 Å². The molecule has 3 fully saturated rings. The molecule has 2 unspecified atom stereocenters. The number of rotatable bonds is 13. The van der Waals surface area contributed by atoms with Gasteiger partial charge >= 0.3 is 79.9 Å². The van der Waals surface area contributed by atoms with Crippen molar-refractivity contribution in [2.24, 2.45) is 28.1 Å². The van der Waals surface area contributed by atoms with Crippen LogP contribution in [0.15, 0.2) is 18.2 Å². The van der Waals surface area contributed by atoms with Crippen molar-refractivity contribution in [2.45, 2.75) is 149 Å². The molecule has 16 heteroatoms. The number of aliphatic hydroxyl groups is 1. The summed E-state index contributed by atoms with van der Waals surface area (Å²) in [6.07, 6.45) is 7.68. The molecule has 284 valence electrons. The van der Waals surface area contributed by atoms with E-state index < -0.39 is 60.6 Å². The van der Waals surface area contributed by atoms with E-state index in [2.05, 4.69) is 38.8 Å². The van der Waals surface area contributed by atoms with Crippen molar-refractivity contribution >= 4 is 32.4 Å². The second kappa shape index (κ2) is 17.6. The molecule has 4 rings (SSSR count). The summed E-state index contributed by atoms with van der Waals surface area (Å²) in [7, 11) is -9.95. The molecule has 1 aromatic carbocycles. The average Bonchev–Trinajstić information content (AvgIpc) is 3.08. The van der Waals surface area contributed by atoms with Crippen molar-refractivity contribution in [3.8, 4) is 11.5 Å². The Bertz CT molecular complexity index is 1670. The molecule has 1 saturated heterocycles. The van der Waals surface area contributed by atoms with E-state index >= 15 is 0 Å². The number of Topliss-reactive ketones (excluding diaryl/α,β-unsaturated/α-hetero) is 2. The minimum atomic E-state index is -5.01. The van der Waals surface area contributed by atoms with Gasteiger partial charge in [-0.1, -0.05) is 34.1 Å². The summed E-state index contributed by atoms with van der Waals surface area (Å²) in [5, 5.41) is 12.7. The number of ketones is 2. The Morgan fingerprint density at radius 1 is 0.885 bits per heavy atom. The molecule has 0 aromatic heterocycles. The molecular weight excluding hydrogens is 734 g/mol. The maximum atomic E-state index is 14.5. The molecule has 52 heavy (non-hydrogen) atoms. The number of ether oxygens (including phenoxy) is 1. The van der Waals surface area contributed by atoms with Gasteiger partial charge in [-0.25, -0.2) is 0 Å². The molecule has 0 radical (unpaired) electrons. The maximum absolute atomic E-state index is 14.5. The normalized spacial score (nSPS) is 33.3. The van der Waals surface area contributed by atoms with Gasteiger partial charge in [-0.2, -0.15) is 16.8 Å². The van der Waals surface area contributed by atoms with E-state index in [0.717, 1.165) is 56.7 Å². The molecule has 0 bridgehead atoms. The topological polar surface area (TPSA) is 191 Å². The van der Waals surface area contributed by atoms with Crippen LogP contribution in [0.3, 0.4) is 0 Å². The van der Waals surface area contributed by atoms with E-state index in [9.17, 15) is 40.6 Å². The third-order valence-electron chi connectivity index (χ3n) is 12.6. The van der Waals surface area contributed by atoms with Gasteiger partial charge in [-0.3, -0.25) is 13.9 Å². The van der Waals surface area contributed by atoms with Crippen molar-refractivity contribution in [2.75, 3.05) is 0 Å². The van der Waals surface area contributed by atoms with Crippen LogP contribution in [0.25, 0.3) is 0 Å². The van der Waals surface area contributed by atoms with Crippen LogP contribution in [0.2, 0.25) is 0 Å².